The Morgan fingerprint density at radius 3 is 2.46 bits per heavy atom. The molecule has 1 aliphatic heterocycles. The molecule has 0 fully saturated rings. The number of hydrogen-bond acceptors (Lipinski definition) is 7. The van der Waals surface area contributed by atoms with Gasteiger partial charge in [0.25, 0.3) is 21.8 Å². The molecule has 46 heavy (non-hydrogen) atoms. The van der Waals surface area contributed by atoms with Crippen molar-refractivity contribution in [3.05, 3.63) is 114 Å². The van der Waals surface area contributed by atoms with Gasteiger partial charge in [-0.1, -0.05) is 42.5 Å². The number of amides is 2. The lowest BCUT2D eigenvalue weighted by atomic mass is 10.1. The third kappa shape index (κ3) is 6.29. The first kappa shape index (κ1) is 31.1. The van der Waals surface area contributed by atoms with Gasteiger partial charge in [0.05, 0.1) is 34.8 Å². The van der Waals surface area contributed by atoms with E-state index in [9.17, 15) is 18.0 Å². The fourth-order valence-electron chi connectivity index (χ4n) is 5.44. The average Bonchev–Trinajstić information content (AvgIpc) is 3.52. The predicted octanol–water partition coefficient (Wildman–Crippen LogP) is 5.89. The van der Waals surface area contributed by atoms with Gasteiger partial charge in [0, 0.05) is 17.8 Å². The molecule has 0 bridgehead atoms. The van der Waals surface area contributed by atoms with E-state index in [4.69, 9.17) is 9.47 Å². The highest BCUT2D eigenvalue weighted by Crippen LogP contribution is 2.37. The van der Waals surface area contributed by atoms with Crippen LogP contribution in [0.2, 0.25) is 0 Å². The number of carbonyl (C=O) groups excluding carboxylic acids is 2. The first-order valence-corrected chi connectivity index (χ1v) is 17.1. The maximum absolute atomic E-state index is 14.0. The second-order valence-electron chi connectivity index (χ2n) is 10.7. The molecule has 236 valence electrons. The van der Waals surface area contributed by atoms with Crippen molar-refractivity contribution in [2.45, 2.75) is 24.3 Å². The molecule has 11 heteroatoms. The number of fused-ring (bicyclic) bond motifs is 2. The van der Waals surface area contributed by atoms with Crippen LogP contribution in [0.5, 0.6) is 11.5 Å². The van der Waals surface area contributed by atoms with Crippen LogP contribution in [0.15, 0.2) is 108 Å². The second kappa shape index (κ2) is 13.2. The zero-order chi connectivity index (χ0) is 32.3. The van der Waals surface area contributed by atoms with Crippen LogP contribution in [0.3, 0.4) is 0 Å². The summed E-state index contributed by atoms with van der Waals surface area (Å²) in [6.45, 7) is 2.49. The van der Waals surface area contributed by atoms with Crippen molar-refractivity contribution in [3.63, 3.8) is 0 Å². The summed E-state index contributed by atoms with van der Waals surface area (Å²) in [4.78, 5) is 29.4. The number of sulfonamides is 1. The Morgan fingerprint density at radius 1 is 0.978 bits per heavy atom. The minimum atomic E-state index is -3.84. The molecule has 1 aliphatic rings. The van der Waals surface area contributed by atoms with Crippen LogP contribution in [0.1, 0.15) is 22.2 Å². The van der Waals surface area contributed by atoms with Gasteiger partial charge in [-0.25, -0.2) is 8.42 Å². The summed E-state index contributed by atoms with van der Waals surface area (Å²) in [5.74, 6) is 0.466. The van der Waals surface area contributed by atoms with E-state index >= 15 is 0 Å². The van der Waals surface area contributed by atoms with Gasteiger partial charge < -0.3 is 14.8 Å². The second-order valence-corrected chi connectivity index (χ2v) is 13.6. The Hall–Kier alpha value is -4.87. The largest absolute Gasteiger partial charge is 0.497 e. The maximum Gasteiger partial charge on any atom is 0.268 e. The van der Waals surface area contributed by atoms with Crippen LogP contribution in [0.25, 0.3) is 10.1 Å². The van der Waals surface area contributed by atoms with E-state index in [1.165, 1.54) is 34.9 Å². The topological polar surface area (TPSA) is 105 Å². The van der Waals surface area contributed by atoms with E-state index < -0.39 is 16.1 Å². The van der Waals surface area contributed by atoms with Gasteiger partial charge in [0.2, 0.25) is 0 Å². The molecule has 0 radical (unpaired) electrons. The van der Waals surface area contributed by atoms with Gasteiger partial charge in [0.15, 0.2) is 6.10 Å². The van der Waals surface area contributed by atoms with E-state index in [-0.39, 0.29) is 29.8 Å². The molecular formula is C35H33N3O6S2. The van der Waals surface area contributed by atoms with Gasteiger partial charge in [-0.3, -0.25) is 18.8 Å². The molecule has 1 atom stereocenters. The van der Waals surface area contributed by atoms with Crippen LogP contribution in [-0.2, 0) is 21.2 Å². The maximum atomic E-state index is 14.0. The number of benzene rings is 4. The minimum absolute atomic E-state index is 0.0518. The molecule has 2 heterocycles. The molecule has 0 saturated heterocycles. The smallest absolute Gasteiger partial charge is 0.268 e. The number of thiophene rings is 1. The number of anilines is 2. The summed E-state index contributed by atoms with van der Waals surface area (Å²) < 4.78 is 40.5. The van der Waals surface area contributed by atoms with E-state index in [1.807, 2.05) is 42.5 Å². The molecule has 9 nitrogen and oxygen atoms in total. The zero-order valence-corrected chi connectivity index (χ0v) is 27.0. The third-order valence-corrected chi connectivity index (χ3v) is 10.8. The lowest BCUT2D eigenvalue weighted by Crippen LogP contribution is -2.51. The normalized spacial score (nSPS) is 14.3. The van der Waals surface area contributed by atoms with Crippen LogP contribution < -0.4 is 24.0 Å². The molecule has 1 N–H and O–H groups in total. The number of rotatable bonds is 10. The predicted molar refractivity (Wildman–Crippen MR) is 181 cm³/mol. The Bertz CT molecular complexity index is 1980. The van der Waals surface area contributed by atoms with Crippen molar-refractivity contribution in [2.24, 2.45) is 0 Å². The molecular weight excluding hydrogens is 623 g/mol. The number of para-hydroxylation sites is 2. The Balaban J connectivity index is 1.23. The van der Waals surface area contributed by atoms with Gasteiger partial charge in [-0.2, -0.15) is 0 Å². The first-order valence-electron chi connectivity index (χ1n) is 14.9. The molecule has 5 aromatic rings. The summed E-state index contributed by atoms with van der Waals surface area (Å²) >= 11 is 1.32. The number of ether oxygens (including phenoxy) is 2. The minimum Gasteiger partial charge on any atom is -0.497 e. The first-order chi connectivity index (χ1) is 22.3. The number of carbonyl (C=O) groups is 2. The van der Waals surface area contributed by atoms with E-state index in [1.54, 1.807) is 60.4 Å². The SMILES string of the molecule is CCN(c1ccc2sc(C(=O)N3CC(C(=O)NCCc4ccccc4)Oc4ccccc43)cc2c1)S(=O)(=O)c1ccc(OC)cc1. The molecule has 2 amide bonds. The molecule has 1 aromatic heterocycles. The van der Waals surface area contributed by atoms with Crippen LogP contribution in [-0.4, -0.2) is 53.1 Å². The van der Waals surface area contributed by atoms with Crippen LogP contribution in [0, 0.1) is 0 Å². The molecule has 0 saturated carbocycles. The number of nitrogens with zero attached hydrogens (tertiary/aromatic N) is 2. The van der Waals surface area contributed by atoms with Gasteiger partial charge in [-0.15, -0.1) is 11.3 Å². The van der Waals surface area contributed by atoms with Crippen molar-refractivity contribution in [2.75, 3.05) is 35.9 Å². The van der Waals surface area contributed by atoms with E-state index in [0.717, 1.165) is 15.6 Å². The summed E-state index contributed by atoms with van der Waals surface area (Å²) in [6.07, 6.45) is -0.198. The van der Waals surface area contributed by atoms with Gasteiger partial charge in [0.1, 0.15) is 11.5 Å². The lowest BCUT2D eigenvalue weighted by molar-refractivity contribution is -0.127. The highest BCUT2D eigenvalue weighted by molar-refractivity contribution is 7.92. The monoisotopic (exact) mass is 655 g/mol. The Labute approximate surface area is 272 Å². The summed E-state index contributed by atoms with van der Waals surface area (Å²) in [6, 6.07) is 30.5. The highest BCUT2D eigenvalue weighted by Gasteiger charge is 2.35. The zero-order valence-electron chi connectivity index (χ0n) is 25.4. The Kier molecular flexibility index (Phi) is 8.96. The molecule has 4 aromatic carbocycles. The molecule has 1 unspecified atom stereocenters. The summed E-state index contributed by atoms with van der Waals surface area (Å²) in [5, 5.41) is 3.69. The summed E-state index contributed by atoms with van der Waals surface area (Å²) in [5.41, 5.74) is 2.19. The Morgan fingerprint density at radius 2 is 1.72 bits per heavy atom. The average molecular weight is 656 g/mol. The van der Waals surface area contributed by atoms with Crippen LogP contribution in [0.4, 0.5) is 11.4 Å². The van der Waals surface area contributed by atoms with Gasteiger partial charge in [-0.05, 0) is 85.0 Å². The van der Waals surface area contributed by atoms with Crippen molar-refractivity contribution in [1.29, 1.82) is 0 Å². The van der Waals surface area contributed by atoms with Crippen molar-refractivity contribution in [1.82, 2.24) is 5.32 Å². The lowest BCUT2D eigenvalue weighted by Gasteiger charge is -2.34. The van der Waals surface area contributed by atoms with E-state index in [0.29, 0.717) is 40.7 Å². The van der Waals surface area contributed by atoms with Crippen molar-refractivity contribution in [3.8, 4) is 11.5 Å². The summed E-state index contributed by atoms with van der Waals surface area (Å²) in [7, 11) is -2.31. The highest BCUT2D eigenvalue weighted by atomic mass is 32.2. The number of nitrogens with one attached hydrogen (secondary N) is 1. The fourth-order valence-corrected chi connectivity index (χ4v) is 7.90. The number of methoxy groups -OCH3 is 1. The number of hydrogen-bond donors (Lipinski definition) is 1. The molecule has 6 rings (SSSR count). The van der Waals surface area contributed by atoms with Crippen LogP contribution >= 0.6 is 11.3 Å². The van der Waals surface area contributed by atoms with Crippen molar-refractivity contribution < 1.29 is 27.5 Å². The van der Waals surface area contributed by atoms with Gasteiger partial charge >= 0.3 is 0 Å². The van der Waals surface area contributed by atoms with Crippen molar-refractivity contribution >= 4 is 54.6 Å². The standard InChI is InChI=1S/C35H33N3O6S2/c1-3-38(46(41,42)28-16-14-27(43-2)15-17-28)26-13-18-32-25(21-26)22-33(45-32)35(40)37-23-31(44-30-12-8-7-11-29(30)37)34(39)36-20-19-24-9-5-4-6-10-24/h4-18,21-22,31H,3,19-20,23H2,1-2H3,(H,36,39). The fraction of sp³-hybridized carbons (Fsp3) is 0.200. The third-order valence-electron chi connectivity index (χ3n) is 7.80. The van der Waals surface area contributed by atoms with E-state index in [2.05, 4.69) is 5.32 Å². The molecule has 0 aliphatic carbocycles. The quantitative estimate of drug-likeness (QED) is 0.201. The molecule has 0 spiro atoms.